The summed E-state index contributed by atoms with van der Waals surface area (Å²) in [5.41, 5.74) is 4.66. The molecule has 1 heterocycles. The van der Waals surface area contributed by atoms with E-state index in [9.17, 15) is 10.1 Å². The Labute approximate surface area is 173 Å². The highest BCUT2D eigenvalue weighted by Gasteiger charge is 2.35. The maximum atomic E-state index is 12.5. The molecule has 1 aliphatic heterocycles. The van der Waals surface area contributed by atoms with Crippen LogP contribution in [0, 0.1) is 11.3 Å². The lowest BCUT2D eigenvalue weighted by Crippen LogP contribution is -2.48. The molecule has 0 fully saturated rings. The first kappa shape index (κ1) is 20.7. The number of rotatable bonds is 5. The minimum absolute atomic E-state index is 0.119. The number of hydrogen-bond donors (Lipinski definition) is 1. The summed E-state index contributed by atoms with van der Waals surface area (Å²) in [6.45, 7) is 10.4. The van der Waals surface area contributed by atoms with Gasteiger partial charge in [-0.2, -0.15) is 5.26 Å². The van der Waals surface area contributed by atoms with Gasteiger partial charge in [0.25, 0.3) is 5.91 Å². The van der Waals surface area contributed by atoms with E-state index in [0.29, 0.717) is 12.5 Å². The number of fused-ring (bicyclic) bond motifs is 1. The minimum Gasteiger partial charge on any atom is -0.366 e. The molecule has 1 N–H and O–H groups in total. The van der Waals surface area contributed by atoms with Crippen LogP contribution in [0.15, 0.2) is 54.1 Å². The van der Waals surface area contributed by atoms with E-state index in [1.54, 1.807) is 6.08 Å². The zero-order valence-corrected chi connectivity index (χ0v) is 17.7. The quantitative estimate of drug-likeness (QED) is 0.579. The number of nitrogens with zero attached hydrogens (tertiary/aromatic N) is 2. The van der Waals surface area contributed by atoms with Gasteiger partial charge in [-0.15, -0.1) is 0 Å². The van der Waals surface area contributed by atoms with Crippen LogP contribution in [-0.2, 0) is 11.3 Å². The van der Waals surface area contributed by atoms with Crippen molar-refractivity contribution in [2.75, 3.05) is 11.4 Å². The van der Waals surface area contributed by atoms with E-state index in [4.69, 9.17) is 0 Å². The fraction of sp³-hybridized carbons (Fsp3) is 0.360. The Morgan fingerprint density at radius 1 is 1.28 bits per heavy atom. The van der Waals surface area contributed by atoms with Gasteiger partial charge in [0.1, 0.15) is 11.6 Å². The van der Waals surface area contributed by atoms with Crippen LogP contribution in [0.25, 0.3) is 6.08 Å². The second-order valence-electron chi connectivity index (χ2n) is 8.32. The predicted octanol–water partition coefficient (Wildman–Crippen LogP) is 5.02. The van der Waals surface area contributed by atoms with Gasteiger partial charge in [0, 0.05) is 24.3 Å². The standard InChI is InChI=1S/C25H29N3O/c1-5-28-23-12-11-20(14-22(23)18(2)15-25(28,3)4)13-21(16-26)24(29)27-17-19-9-7-6-8-10-19/h6-14,18H,5,15,17H2,1-4H3,(H,27,29)/b21-13+. The number of carbonyl (C=O) groups excluding carboxylic acids is 1. The summed E-state index contributed by atoms with van der Waals surface area (Å²) in [5.74, 6) is 0.0760. The van der Waals surface area contributed by atoms with Gasteiger partial charge in [0.15, 0.2) is 0 Å². The summed E-state index contributed by atoms with van der Waals surface area (Å²) in [4.78, 5) is 14.9. The topological polar surface area (TPSA) is 56.1 Å². The van der Waals surface area contributed by atoms with Gasteiger partial charge in [-0.3, -0.25) is 4.79 Å². The number of benzene rings is 2. The molecule has 4 heteroatoms. The van der Waals surface area contributed by atoms with E-state index in [2.05, 4.69) is 50.0 Å². The number of hydrogen-bond acceptors (Lipinski definition) is 3. The van der Waals surface area contributed by atoms with E-state index in [0.717, 1.165) is 24.1 Å². The third-order valence-corrected chi connectivity index (χ3v) is 5.70. The smallest absolute Gasteiger partial charge is 0.262 e. The second-order valence-corrected chi connectivity index (χ2v) is 8.32. The maximum absolute atomic E-state index is 12.5. The molecule has 2 aromatic carbocycles. The van der Waals surface area contributed by atoms with Crippen LogP contribution in [0.5, 0.6) is 0 Å². The van der Waals surface area contributed by atoms with E-state index in [-0.39, 0.29) is 17.0 Å². The molecule has 0 saturated heterocycles. The van der Waals surface area contributed by atoms with Crippen molar-refractivity contribution in [3.8, 4) is 6.07 Å². The Bertz CT molecular complexity index is 954. The van der Waals surface area contributed by atoms with Gasteiger partial charge in [-0.25, -0.2) is 0 Å². The third-order valence-electron chi connectivity index (χ3n) is 5.70. The van der Waals surface area contributed by atoms with E-state index in [1.165, 1.54) is 11.3 Å². The summed E-state index contributed by atoms with van der Waals surface area (Å²) >= 11 is 0. The van der Waals surface area contributed by atoms with Crippen LogP contribution in [0.4, 0.5) is 5.69 Å². The van der Waals surface area contributed by atoms with Crippen molar-refractivity contribution in [1.82, 2.24) is 5.32 Å². The molecule has 0 bridgehead atoms. The number of carbonyl (C=O) groups is 1. The van der Waals surface area contributed by atoms with Crippen LogP contribution >= 0.6 is 0 Å². The van der Waals surface area contributed by atoms with E-state index < -0.39 is 0 Å². The molecule has 0 aliphatic carbocycles. The SMILES string of the molecule is CCN1c2ccc(/C=C(\C#N)C(=O)NCc3ccccc3)cc2C(C)CC1(C)C. The first-order valence-corrected chi connectivity index (χ1v) is 10.2. The lowest BCUT2D eigenvalue weighted by atomic mass is 9.79. The van der Waals surface area contributed by atoms with Crippen molar-refractivity contribution in [1.29, 1.82) is 5.26 Å². The lowest BCUT2D eigenvalue weighted by molar-refractivity contribution is -0.117. The molecule has 0 spiro atoms. The number of nitrogens with one attached hydrogen (secondary N) is 1. The number of amides is 1. The van der Waals surface area contributed by atoms with Gasteiger partial charge < -0.3 is 10.2 Å². The Morgan fingerprint density at radius 2 is 2.00 bits per heavy atom. The summed E-state index contributed by atoms with van der Waals surface area (Å²) in [6.07, 6.45) is 2.76. The molecule has 1 aliphatic rings. The highest BCUT2D eigenvalue weighted by Crippen LogP contribution is 2.43. The van der Waals surface area contributed by atoms with Gasteiger partial charge in [-0.1, -0.05) is 43.3 Å². The Morgan fingerprint density at radius 3 is 2.66 bits per heavy atom. The summed E-state index contributed by atoms with van der Waals surface area (Å²) < 4.78 is 0. The fourth-order valence-electron chi connectivity index (χ4n) is 4.39. The Balaban J connectivity index is 1.83. The molecule has 4 nitrogen and oxygen atoms in total. The Hall–Kier alpha value is -3.06. The van der Waals surface area contributed by atoms with Crippen molar-refractivity contribution in [2.45, 2.75) is 52.1 Å². The second kappa shape index (κ2) is 8.53. The van der Waals surface area contributed by atoms with E-state index in [1.807, 2.05) is 42.5 Å². The van der Waals surface area contributed by atoms with Crippen LogP contribution in [-0.4, -0.2) is 18.0 Å². The largest absolute Gasteiger partial charge is 0.366 e. The molecule has 0 radical (unpaired) electrons. The van der Waals surface area contributed by atoms with E-state index >= 15 is 0 Å². The molecule has 29 heavy (non-hydrogen) atoms. The zero-order chi connectivity index (χ0) is 21.0. The van der Waals surface area contributed by atoms with Crippen LogP contribution in [0.1, 0.15) is 56.7 Å². The first-order chi connectivity index (χ1) is 13.9. The van der Waals surface area contributed by atoms with Crippen molar-refractivity contribution in [2.24, 2.45) is 0 Å². The molecule has 1 unspecified atom stereocenters. The average molecular weight is 388 g/mol. The molecule has 0 saturated carbocycles. The molecule has 150 valence electrons. The fourth-order valence-corrected chi connectivity index (χ4v) is 4.39. The maximum Gasteiger partial charge on any atom is 0.262 e. The van der Waals surface area contributed by atoms with Gasteiger partial charge in [0.2, 0.25) is 0 Å². The molecule has 0 aromatic heterocycles. The summed E-state index contributed by atoms with van der Waals surface area (Å²) in [6, 6.07) is 18.0. The lowest BCUT2D eigenvalue weighted by Gasteiger charge is -2.47. The molecule has 2 aromatic rings. The third kappa shape index (κ3) is 4.51. The Kier molecular flexibility index (Phi) is 6.08. The average Bonchev–Trinajstić information content (AvgIpc) is 2.71. The molecule has 1 amide bonds. The van der Waals surface area contributed by atoms with Crippen LogP contribution < -0.4 is 10.2 Å². The van der Waals surface area contributed by atoms with Gasteiger partial charge in [-0.05, 0) is 68.0 Å². The van der Waals surface area contributed by atoms with Crippen molar-refractivity contribution < 1.29 is 4.79 Å². The number of anilines is 1. The van der Waals surface area contributed by atoms with Crippen molar-refractivity contribution in [3.63, 3.8) is 0 Å². The highest BCUT2D eigenvalue weighted by molar-refractivity contribution is 6.01. The summed E-state index contributed by atoms with van der Waals surface area (Å²) in [5, 5.41) is 12.3. The monoisotopic (exact) mass is 387 g/mol. The van der Waals surface area contributed by atoms with Crippen LogP contribution in [0.2, 0.25) is 0 Å². The normalized spacial score (nSPS) is 18.0. The zero-order valence-electron chi connectivity index (χ0n) is 17.7. The van der Waals surface area contributed by atoms with Crippen molar-refractivity contribution in [3.05, 3.63) is 70.8 Å². The number of nitriles is 1. The van der Waals surface area contributed by atoms with Gasteiger partial charge in [0.05, 0.1) is 0 Å². The predicted molar refractivity (Wildman–Crippen MR) is 118 cm³/mol. The molecular formula is C25H29N3O. The molecule has 1 atom stereocenters. The summed E-state index contributed by atoms with van der Waals surface area (Å²) in [7, 11) is 0. The molecular weight excluding hydrogens is 358 g/mol. The van der Waals surface area contributed by atoms with Gasteiger partial charge >= 0.3 is 0 Å². The van der Waals surface area contributed by atoms with Crippen LogP contribution in [0.3, 0.4) is 0 Å². The van der Waals surface area contributed by atoms with Crippen molar-refractivity contribution >= 4 is 17.7 Å². The molecule has 3 rings (SSSR count). The first-order valence-electron chi connectivity index (χ1n) is 10.2. The highest BCUT2D eigenvalue weighted by atomic mass is 16.1. The minimum atomic E-state index is -0.349.